The molecule has 1 aliphatic rings. The largest absolute Gasteiger partial charge is 0.260 e. The van der Waals surface area contributed by atoms with Crippen LogP contribution >= 0.6 is 15.9 Å². The Morgan fingerprint density at radius 3 is 2.77 bits per heavy atom. The molecule has 0 aromatic carbocycles. The van der Waals surface area contributed by atoms with Crippen LogP contribution in [0.5, 0.6) is 0 Å². The van der Waals surface area contributed by atoms with Gasteiger partial charge in [0.05, 0.1) is 11.6 Å². The van der Waals surface area contributed by atoms with Gasteiger partial charge in [0.1, 0.15) is 0 Å². The number of hydrogen-bond donors (Lipinski definition) is 0. The number of halogens is 3. The van der Waals surface area contributed by atoms with Crippen molar-refractivity contribution < 1.29 is 8.78 Å². The van der Waals surface area contributed by atoms with Gasteiger partial charge in [-0.1, -0.05) is 0 Å². The minimum atomic E-state index is -2.54. The average molecular weight is 248 g/mol. The zero-order valence-electron chi connectivity index (χ0n) is 7.02. The second-order valence-corrected chi connectivity index (χ2v) is 4.14. The summed E-state index contributed by atoms with van der Waals surface area (Å²) in [6.07, 6.45) is 1.51. The molecule has 0 radical (unpaired) electrons. The van der Waals surface area contributed by atoms with Gasteiger partial charge in [0, 0.05) is 17.1 Å². The minimum Gasteiger partial charge on any atom is -0.260 e. The molecule has 1 aromatic rings. The van der Waals surface area contributed by atoms with Crippen molar-refractivity contribution >= 4 is 15.9 Å². The molecule has 1 atom stereocenters. The van der Waals surface area contributed by atoms with E-state index in [1.54, 1.807) is 12.3 Å². The molecule has 0 saturated heterocycles. The van der Waals surface area contributed by atoms with Crippen molar-refractivity contribution in [3.63, 3.8) is 0 Å². The Bertz CT molecular complexity index is 351. The normalized spacial score (nSPS) is 24.5. The molecule has 13 heavy (non-hydrogen) atoms. The van der Waals surface area contributed by atoms with Crippen molar-refractivity contribution in [3.8, 4) is 0 Å². The first-order valence-electron chi connectivity index (χ1n) is 4.01. The highest BCUT2D eigenvalue weighted by Gasteiger charge is 2.59. The van der Waals surface area contributed by atoms with Crippen LogP contribution in [0.4, 0.5) is 8.78 Å². The van der Waals surface area contributed by atoms with E-state index in [-0.39, 0.29) is 6.42 Å². The lowest BCUT2D eigenvalue weighted by Gasteiger charge is -2.04. The third kappa shape index (κ3) is 1.47. The minimum absolute atomic E-state index is 0.0674. The summed E-state index contributed by atoms with van der Waals surface area (Å²) in [6.45, 7) is 1.87. The van der Waals surface area contributed by atoms with E-state index >= 15 is 0 Å². The van der Waals surface area contributed by atoms with Gasteiger partial charge < -0.3 is 0 Å². The van der Waals surface area contributed by atoms with Crippen LogP contribution in [0.2, 0.25) is 0 Å². The van der Waals surface area contributed by atoms with E-state index in [0.717, 1.165) is 10.0 Å². The molecular weight excluding hydrogens is 240 g/mol. The predicted molar refractivity (Wildman–Crippen MR) is 49.0 cm³/mol. The summed E-state index contributed by atoms with van der Waals surface area (Å²) >= 11 is 3.28. The molecule has 1 saturated carbocycles. The summed E-state index contributed by atoms with van der Waals surface area (Å²) in [5.41, 5.74) is 1.44. The van der Waals surface area contributed by atoms with Crippen molar-refractivity contribution in [1.82, 2.24) is 4.98 Å². The summed E-state index contributed by atoms with van der Waals surface area (Å²) in [6, 6.07) is 1.80. The highest BCUT2D eigenvalue weighted by Crippen LogP contribution is 2.56. The van der Waals surface area contributed by atoms with E-state index in [9.17, 15) is 8.78 Å². The first kappa shape index (κ1) is 9.06. The maximum atomic E-state index is 12.7. The van der Waals surface area contributed by atoms with Gasteiger partial charge in [0.25, 0.3) is 5.92 Å². The molecular formula is C9H8BrF2N. The van der Waals surface area contributed by atoms with Gasteiger partial charge in [-0.25, -0.2) is 8.78 Å². The molecule has 1 fully saturated rings. The molecule has 1 nitrogen and oxygen atoms in total. The first-order valence-corrected chi connectivity index (χ1v) is 4.80. The molecule has 1 unspecified atom stereocenters. The Balaban J connectivity index is 2.38. The lowest BCUT2D eigenvalue weighted by atomic mass is 10.2. The van der Waals surface area contributed by atoms with Gasteiger partial charge in [-0.3, -0.25) is 4.98 Å². The van der Waals surface area contributed by atoms with Gasteiger partial charge in [-0.05, 0) is 34.5 Å². The van der Waals surface area contributed by atoms with Gasteiger partial charge in [0.2, 0.25) is 0 Å². The predicted octanol–water partition coefficient (Wildman–Crippen LogP) is 3.28. The van der Waals surface area contributed by atoms with E-state index in [2.05, 4.69) is 20.9 Å². The number of aromatic nitrogens is 1. The Labute approximate surface area is 83.3 Å². The van der Waals surface area contributed by atoms with E-state index in [1.165, 1.54) is 0 Å². The smallest absolute Gasteiger partial charge is 0.257 e. The third-order valence-corrected chi connectivity index (χ3v) is 3.30. The number of hydrogen-bond acceptors (Lipinski definition) is 1. The van der Waals surface area contributed by atoms with Crippen LogP contribution in [0, 0.1) is 6.92 Å². The first-order chi connectivity index (χ1) is 6.02. The van der Waals surface area contributed by atoms with Crippen molar-refractivity contribution in [3.05, 3.63) is 28.0 Å². The van der Waals surface area contributed by atoms with Crippen LogP contribution in [-0.4, -0.2) is 10.9 Å². The monoisotopic (exact) mass is 247 g/mol. The molecule has 0 bridgehead atoms. The number of alkyl halides is 2. The van der Waals surface area contributed by atoms with Gasteiger partial charge >= 0.3 is 0 Å². The lowest BCUT2D eigenvalue weighted by molar-refractivity contribution is 0.111. The van der Waals surface area contributed by atoms with Crippen LogP contribution in [0.15, 0.2) is 16.7 Å². The highest BCUT2D eigenvalue weighted by atomic mass is 79.9. The Hall–Kier alpha value is -0.510. The molecule has 0 spiro atoms. The fourth-order valence-electron chi connectivity index (χ4n) is 1.31. The molecule has 0 N–H and O–H groups in total. The van der Waals surface area contributed by atoms with Crippen LogP contribution in [0.25, 0.3) is 0 Å². The molecule has 0 amide bonds. The van der Waals surface area contributed by atoms with Crippen molar-refractivity contribution in [2.75, 3.05) is 0 Å². The molecule has 1 heterocycles. The molecule has 2 rings (SSSR count). The fourth-order valence-corrected chi connectivity index (χ4v) is 1.82. The van der Waals surface area contributed by atoms with E-state index < -0.39 is 11.8 Å². The van der Waals surface area contributed by atoms with Crippen molar-refractivity contribution in [2.24, 2.45) is 0 Å². The van der Waals surface area contributed by atoms with Gasteiger partial charge in [0.15, 0.2) is 0 Å². The number of nitrogens with zero attached hydrogens (tertiary/aromatic N) is 1. The second kappa shape index (κ2) is 2.74. The Morgan fingerprint density at radius 2 is 2.23 bits per heavy atom. The highest BCUT2D eigenvalue weighted by molar-refractivity contribution is 9.10. The van der Waals surface area contributed by atoms with Crippen molar-refractivity contribution in [1.29, 1.82) is 0 Å². The Morgan fingerprint density at radius 1 is 1.62 bits per heavy atom. The zero-order chi connectivity index (χ0) is 9.64. The lowest BCUT2D eigenvalue weighted by Crippen LogP contribution is -1.97. The van der Waals surface area contributed by atoms with Crippen LogP contribution < -0.4 is 0 Å². The van der Waals surface area contributed by atoms with Crippen molar-refractivity contribution in [2.45, 2.75) is 25.2 Å². The summed E-state index contributed by atoms with van der Waals surface area (Å²) in [5.74, 6) is -3.22. The molecule has 0 aliphatic heterocycles. The molecule has 70 valence electrons. The zero-order valence-corrected chi connectivity index (χ0v) is 8.61. The molecule has 1 aromatic heterocycles. The topological polar surface area (TPSA) is 12.9 Å². The molecule has 4 heteroatoms. The maximum absolute atomic E-state index is 12.7. The summed E-state index contributed by atoms with van der Waals surface area (Å²) < 4.78 is 26.2. The van der Waals surface area contributed by atoms with E-state index in [0.29, 0.717) is 5.69 Å². The van der Waals surface area contributed by atoms with E-state index in [4.69, 9.17) is 0 Å². The van der Waals surface area contributed by atoms with E-state index in [1.807, 2.05) is 6.92 Å². The Kier molecular flexibility index (Phi) is 1.91. The van der Waals surface area contributed by atoms with Crippen LogP contribution in [0.1, 0.15) is 23.6 Å². The quantitative estimate of drug-likeness (QED) is 0.743. The average Bonchev–Trinajstić information content (AvgIpc) is 2.66. The summed E-state index contributed by atoms with van der Waals surface area (Å²) in [4.78, 5) is 3.97. The SMILES string of the molecule is Cc1ccnc(C2CC2(F)F)c1Br. The standard InChI is InChI=1S/C9H8BrF2N/c1-5-2-3-13-8(7(5)10)6-4-9(6,11)12/h2-3,6H,4H2,1H3. The second-order valence-electron chi connectivity index (χ2n) is 3.34. The van der Waals surface area contributed by atoms with Crippen LogP contribution in [0.3, 0.4) is 0 Å². The maximum Gasteiger partial charge on any atom is 0.257 e. The summed E-state index contributed by atoms with van der Waals surface area (Å²) in [7, 11) is 0. The van der Waals surface area contributed by atoms with Gasteiger partial charge in [-0.15, -0.1) is 0 Å². The molecule has 1 aliphatic carbocycles. The third-order valence-electron chi connectivity index (χ3n) is 2.27. The van der Waals surface area contributed by atoms with Gasteiger partial charge in [-0.2, -0.15) is 0 Å². The van der Waals surface area contributed by atoms with Crippen LogP contribution in [-0.2, 0) is 0 Å². The number of aryl methyl sites for hydroxylation is 1. The fraction of sp³-hybridized carbons (Fsp3) is 0.444. The summed E-state index contributed by atoms with van der Waals surface area (Å²) in [5, 5.41) is 0. The number of pyridine rings is 1. The number of rotatable bonds is 1.